The molecule has 0 radical (unpaired) electrons. The number of hydrogen-bond acceptors (Lipinski definition) is 5. The highest BCUT2D eigenvalue weighted by Gasteiger charge is 2.29. The molecule has 7 heteroatoms. The number of aromatic nitrogens is 1. The first-order valence-corrected chi connectivity index (χ1v) is 11.1. The van der Waals surface area contributed by atoms with Crippen LogP contribution in [0, 0.1) is 6.92 Å². The van der Waals surface area contributed by atoms with Crippen molar-refractivity contribution in [2.75, 3.05) is 13.1 Å². The Hall–Kier alpha value is -1.34. The van der Waals surface area contributed by atoms with Gasteiger partial charge in [-0.25, -0.2) is 9.78 Å². The largest absolute Gasteiger partial charge is 0.489 e. The van der Waals surface area contributed by atoms with Crippen molar-refractivity contribution in [2.45, 2.75) is 83.7 Å². The van der Waals surface area contributed by atoms with Crippen molar-refractivity contribution in [1.82, 2.24) is 9.88 Å². The smallest absolute Gasteiger partial charge is 0.410 e. The minimum absolute atomic E-state index is 0.0733. The third-order valence-corrected chi connectivity index (χ3v) is 5.78. The number of ether oxygens (including phenoxy) is 3. The molecule has 1 amide bonds. The van der Waals surface area contributed by atoms with Gasteiger partial charge in [0.05, 0.1) is 30.1 Å². The number of likely N-dealkylation sites (tertiary alicyclic amines) is 1. The van der Waals surface area contributed by atoms with E-state index < -0.39 is 0 Å². The molecule has 1 saturated carbocycles. The van der Waals surface area contributed by atoms with E-state index >= 15 is 0 Å². The summed E-state index contributed by atoms with van der Waals surface area (Å²) in [6, 6.07) is 3.90. The summed E-state index contributed by atoms with van der Waals surface area (Å²) in [5.41, 5.74) is 0.913. The quantitative estimate of drug-likeness (QED) is 0.593. The first-order chi connectivity index (χ1) is 13.4. The van der Waals surface area contributed by atoms with Crippen LogP contribution in [-0.2, 0) is 9.47 Å². The molecule has 2 fully saturated rings. The highest BCUT2D eigenvalue weighted by Crippen LogP contribution is 2.29. The highest BCUT2D eigenvalue weighted by atomic mass is 79.9. The number of carbonyl (C=O) groups is 1. The number of aryl methyl sites for hydroxylation is 1. The number of hydrogen-bond donors (Lipinski definition) is 0. The molecular weight excluding hydrogens is 424 g/mol. The summed E-state index contributed by atoms with van der Waals surface area (Å²) in [4.78, 5) is 18.2. The van der Waals surface area contributed by atoms with Gasteiger partial charge in [0.15, 0.2) is 0 Å². The van der Waals surface area contributed by atoms with Crippen molar-refractivity contribution in [3.63, 3.8) is 0 Å². The van der Waals surface area contributed by atoms with Crippen LogP contribution in [0.1, 0.15) is 58.1 Å². The molecule has 0 N–H and O–H groups in total. The molecule has 3 rings (SSSR count). The Bertz CT molecular complexity index is 654. The third kappa shape index (κ3) is 6.08. The van der Waals surface area contributed by atoms with Gasteiger partial charge in [0.1, 0.15) is 10.4 Å². The van der Waals surface area contributed by atoms with Crippen molar-refractivity contribution in [1.29, 1.82) is 0 Å². The summed E-state index contributed by atoms with van der Waals surface area (Å²) < 4.78 is 18.6. The Morgan fingerprint density at radius 2 is 1.68 bits per heavy atom. The van der Waals surface area contributed by atoms with Crippen LogP contribution in [0.2, 0.25) is 0 Å². The highest BCUT2D eigenvalue weighted by molar-refractivity contribution is 9.10. The van der Waals surface area contributed by atoms with Gasteiger partial charge in [-0.15, -0.1) is 0 Å². The molecule has 1 saturated heterocycles. The average Bonchev–Trinajstić information content (AvgIpc) is 2.65. The van der Waals surface area contributed by atoms with E-state index in [0.29, 0.717) is 19.2 Å². The van der Waals surface area contributed by atoms with E-state index in [4.69, 9.17) is 14.2 Å². The predicted molar refractivity (Wildman–Crippen MR) is 111 cm³/mol. The Balaban J connectivity index is 1.37. The normalized spacial score (nSPS) is 23.7. The topological polar surface area (TPSA) is 60.9 Å². The van der Waals surface area contributed by atoms with E-state index in [1.165, 1.54) is 0 Å². The maximum absolute atomic E-state index is 12.0. The van der Waals surface area contributed by atoms with E-state index in [0.717, 1.165) is 54.6 Å². The Kier molecular flexibility index (Phi) is 7.57. The molecule has 0 bridgehead atoms. The lowest BCUT2D eigenvalue weighted by molar-refractivity contribution is -0.0657. The van der Waals surface area contributed by atoms with Crippen LogP contribution >= 0.6 is 15.9 Å². The van der Waals surface area contributed by atoms with Gasteiger partial charge in [-0.05, 0) is 87.4 Å². The minimum Gasteiger partial charge on any atom is -0.489 e. The molecule has 1 aromatic heterocycles. The van der Waals surface area contributed by atoms with Crippen molar-refractivity contribution in [3.8, 4) is 5.75 Å². The van der Waals surface area contributed by atoms with Crippen LogP contribution in [0.25, 0.3) is 0 Å². The summed E-state index contributed by atoms with van der Waals surface area (Å²) in [6.45, 7) is 7.15. The van der Waals surface area contributed by atoms with Crippen molar-refractivity contribution in [3.05, 3.63) is 22.4 Å². The first kappa shape index (κ1) is 21.4. The molecule has 1 aliphatic carbocycles. The van der Waals surface area contributed by atoms with Crippen molar-refractivity contribution in [2.24, 2.45) is 0 Å². The minimum atomic E-state index is -0.205. The number of pyridine rings is 1. The molecule has 0 atom stereocenters. The molecule has 156 valence electrons. The van der Waals surface area contributed by atoms with Crippen molar-refractivity contribution >= 4 is 22.0 Å². The second kappa shape index (κ2) is 9.92. The Labute approximate surface area is 176 Å². The van der Waals surface area contributed by atoms with Gasteiger partial charge in [-0.1, -0.05) is 0 Å². The van der Waals surface area contributed by atoms with E-state index in [2.05, 4.69) is 20.9 Å². The number of piperidine rings is 1. The molecule has 1 aliphatic heterocycles. The average molecular weight is 455 g/mol. The lowest BCUT2D eigenvalue weighted by atomic mass is 9.94. The fourth-order valence-corrected chi connectivity index (χ4v) is 4.23. The molecule has 0 unspecified atom stereocenters. The van der Waals surface area contributed by atoms with Crippen LogP contribution in [0.3, 0.4) is 0 Å². The Morgan fingerprint density at radius 3 is 2.29 bits per heavy atom. The van der Waals surface area contributed by atoms with Gasteiger partial charge in [0.25, 0.3) is 0 Å². The van der Waals surface area contributed by atoms with Crippen LogP contribution in [-0.4, -0.2) is 53.5 Å². The summed E-state index contributed by atoms with van der Waals surface area (Å²) >= 11 is 3.39. The second-order valence-electron chi connectivity index (χ2n) is 7.99. The van der Waals surface area contributed by atoms with Gasteiger partial charge in [0, 0.05) is 13.1 Å². The zero-order valence-corrected chi connectivity index (χ0v) is 18.6. The number of rotatable bonds is 5. The summed E-state index contributed by atoms with van der Waals surface area (Å²) in [7, 11) is 0. The third-order valence-electron chi connectivity index (χ3n) is 5.34. The van der Waals surface area contributed by atoms with E-state index in [9.17, 15) is 4.79 Å². The van der Waals surface area contributed by atoms with E-state index in [1.807, 2.05) is 32.9 Å². The zero-order valence-electron chi connectivity index (χ0n) is 17.0. The van der Waals surface area contributed by atoms with Crippen molar-refractivity contribution < 1.29 is 19.0 Å². The van der Waals surface area contributed by atoms with Gasteiger partial charge in [0.2, 0.25) is 0 Å². The molecule has 28 heavy (non-hydrogen) atoms. The molecule has 2 aliphatic rings. The summed E-state index contributed by atoms with van der Waals surface area (Å²) in [6.07, 6.45) is 6.28. The second-order valence-corrected chi connectivity index (χ2v) is 8.80. The first-order valence-electron chi connectivity index (χ1n) is 10.3. The van der Waals surface area contributed by atoms with Crippen LogP contribution < -0.4 is 4.74 Å². The monoisotopic (exact) mass is 454 g/mol. The summed E-state index contributed by atoms with van der Waals surface area (Å²) in [5.74, 6) is 0.869. The molecule has 2 heterocycles. The SMILES string of the molecule is Cc1nc(Br)ccc1O[C@H]1CC[C@H](OC2CCN(C(=O)OC(C)C)CC2)CC1. The molecule has 0 spiro atoms. The standard InChI is InChI=1S/C21H31BrN2O4/c1-14(2)26-21(25)24-12-10-18(11-13-24)27-16-4-6-17(7-5-16)28-19-8-9-20(22)23-15(19)3/h8-9,14,16-18H,4-7,10-13H2,1-3H3/t16-,17-. The number of halogens is 1. The predicted octanol–water partition coefficient (Wildman–Crippen LogP) is 4.87. The fraction of sp³-hybridized carbons (Fsp3) is 0.714. The molecule has 6 nitrogen and oxygen atoms in total. The fourth-order valence-electron chi connectivity index (χ4n) is 3.83. The molecule has 1 aromatic rings. The van der Waals surface area contributed by atoms with Crippen LogP contribution in [0.4, 0.5) is 4.79 Å². The zero-order chi connectivity index (χ0) is 20.1. The summed E-state index contributed by atoms with van der Waals surface area (Å²) in [5, 5.41) is 0. The van der Waals surface area contributed by atoms with E-state index in [1.54, 1.807) is 4.90 Å². The molecule has 0 aromatic carbocycles. The lowest BCUT2D eigenvalue weighted by Crippen LogP contribution is -2.43. The maximum atomic E-state index is 12.0. The number of amides is 1. The number of nitrogens with zero attached hydrogens (tertiary/aromatic N) is 2. The number of carbonyl (C=O) groups excluding carboxylic acids is 1. The van der Waals surface area contributed by atoms with E-state index in [-0.39, 0.29) is 24.4 Å². The maximum Gasteiger partial charge on any atom is 0.410 e. The van der Waals surface area contributed by atoms with Crippen LogP contribution in [0.5, 0.6) is 5.75 Å². The van der Waals surface area contributed by atoms with Gasteiger partial charge < -0.3 is 19.1 Å². The van der Waals surface area contributed by atoms with Gasteiger partial charge >= 0.3 is 6.09 Å². The Morgan fingerprint density at radius 1 is 1.07 bits per heavy atom. The lowest BCUT2D eigenvalue weighted by Gasteiger charge is -2.36. The van der Waals surface area contributed by atoms with Gasteiger partial charge in [-0.2, -0.15) is 0 Å². The van der Waals surface area contributed by atoms with Crippen LogP contribution in [0.15, 0.2) is 16.7 Å². The van der Waals surface area contributed by atoms with Gasteiger partial charge in [-0.3, -0.25) is 0 Å². The molecular formula is C21H31BrN2O4.